The second-order valence-electron chi connectivity index (χ2n) is 6.65. The third kappa shape index (κ3) is 3.51. The molecular weight excluding hydrogens is 394 g/mol. The Morgan fingerprint density at radius 2 is 1.92 bits per heavy atom. The molecule has 1 aliphatic rings. The number of hydrogen-bond donors (Lipinski definition) is 2. The number of nitrogens with one attached hydrogen (secondary N) is 2. The van der Waals surface area contributed by atoms with Crippen molar-refractivity contribution in [2.45, 2.75) is 44.6 Å². The molecule has 1 aliphatic carbocycles. The summed E-state index contributed by atoms with van der Waals surface area (Å²) in [6.07, 6.45) is 11.8. The molecule has 0 saturated heterocycles. The lowest BCUT2D eigenvalue weighted by atomic mass is 9.87. The number of rotatable bonds is 5. The Morgan fingerprint density at radius 1 is 1.15 bits per heavy atom. The standard InChI is InChI=1S/C18H22BrN7/c1-20-18-22-9-12(10-23-18)8-21-16-7-15(13-5-3-2-4-6-13)25-17-14(19)11-24-26(16)17/h7,9-11,13,21H,2-6,8H2,1H3,(H,20,22,23). The Morgan fingerprint density at radius 3 is 2.65 bits per heavy atom. The number of hydrogen-bond acceptors (Lipinski definition) is 6. The SMILES string of the molecule is CNc1ncc(CNc2cc(C3CCCCC3)nc3c(Br)cnn23)cn1. The van der Waals surface area contributed by atoms with E-state index in [4.69, 9.17) is 4.98 Å². The van der Waals surface area contributed by atoms with Gasteiger partial charge in [-0.05, 0) is 28.8 Å². The minimum Gasteiger partial charge on any atom is -0.366 e. The maximum atomic E-state index is 4.88. The molecule has 1 saturated carbocycles. The fraction of sp³-hybridized carbons (Fsp3) is 0.444. The van der Waals surface area contributed by atoms with E-state index in [-0.39, 0.29) is 0 Å². The van der Waals surface area contributed by atoms with Crippen molar-refractivity contribution in [2.75, 3.05) is 17.7 Å². The van der Waals surface area contributed by atoms with E-state index in [1.54, 1.807) is 6.20 Å². The van der Waals surface area contributed by atoms with Crippen LogP contribution in [0.5, 0.6) is 0 Å². The van der Waals surface area contributed by atoms with Crippen molar-refractivity contribution in [2.24, 2.45) is 0 Å². The third-order valence-electron chi connectivity index (χ3n) is 4.87. The van der Waals surface area contributed by atoms with Crippen molar-refractivity contribution in [1.82, 2.24) is 24.6 Å². The number of aromatic nitrogens is 5. The Hall–Kier alpha value is -2.22. The molecule has 1 fully saturated rings. The van der Waals surface area contributed by atoms with E-state index in [9.17, 15) is 0 Å². The maximum absolute atomic E-state index is 4.88. The molecule has 0 aliphatic heterocycles. The minimum atomic E-state index is 0.536. The molecule has 3 aromatic heterocycles. The van der Waals surface area contributed by atoms with Gasteiger partial charge >= 0.3 is 0 Å². The predicted molar refractivity (Wildman–Crippen MR) is 105 cm³/mol. The molecule has 0 radical (unpaired) electrons. The zero-order chi connectivity index (χ0) is 17.9. The van der Waals surface area contributed by atoms with Crippen LogP contribution in [0.15, 0.2) is 29.1 Å². The van der Waals surface area contributed by atoms with E-state index < -0.39 is 0 Å². The Bertz CT molecular complexity index is 884. The lowest BCUT2D eigenvalue weighted by Crippen LogP contribution is -2.12. The molecule has 8 heteroatoms. The summed E-state index contributed by atoms with van der Waals surface area (Å²) in [5.74, 6) is 2.10. The van der Waals surface area contributed by atoms with Crippen LogP contribution < -0.4 is 10.6 Å². The van der Waals surface area contributed by atoms with Crippen molar-refractivity contribution in [3.8, 4) is 0 Å². The van der Waals surface area contributed by atoms with Crippen LogP contribution in [0.1, 0.15) is 49.3 Å². The Kier molecular flexibility index (Phi) is 5.01. The predicted octanol–water partition coefficient (Wildman–Crippen LogP) is 3.98. The summed E-state index contributed by atoms with van der Waals surface area (Å²) in [4.78, 5) is 13.4. The Labute approximate surface area is 160 Å². The molecule has 3 aromatic rings. The smallest absolute Gasteiger partial charge is 0.222 e. The molecule has 4 rings (SSSR count). The summed E-state index contributed by atoms with van der Waals surface area (Å²) < 4.78 is 2.76. The van der Waals surface area contributed by atoms with Gasteiger partial charge in [0.1, 0.15) is 5.82 Å². The van der Waals surface area contributed by atoms with Gasteiger partial charge in [0.15, 0.2) is 5.65 Å². The molecule has 26 heavy (non-hydrogen) atoms. The van der Waals surface area contributed by atoms with E-state index in [1.165, 1.54) is 32.1 Å². The highest BCUT2D eigenvalue weighted by atomic mass is 79.9. The second-order valence-corrected chi connectivity index (χ2v) is 7.50. The van der Waals surface area contributed by atoms with Gasteiger partial charge in [0.05, 0.1) is 10.7 Å². The summed E-state index contributed by atoms with van der Waals surface area (Å²) in [5.41, 5.74) is 3.03. The van der Waals surface area contributed by atoms with Gasteiger partial charge in [0.2, 0.25) is 5.95 Å². The first-order valence-electron chi connectivity index (χ1n) is 9.01. The van der Waals surface area contributed by atoms with Gasteiger partial charge in [-0.1, -0.05) is 19.3 Å². The summed E-state index contributed by atoms with van der Waals surface area (Å²) in [6, 6.07) is 2.14. The van der Waals surface area contributed by atoms with Crippen LogP contribution in [-0.2, 0) is 6.54 Å². The van der Waals surface area contributed by atoms with Crippen LogP contribution in [-0.4, -0.2) is 31.6 Å². The van der Waals surface area contributed by atoms with Gasteiger partial charge in [-0.25, -0.2) is 15.0 Å². The molecule has 0 amide bonds. The van der Waals surface area contributed by atoms with Gasteiger partial charge in [-0.15, -0.1) is 0 Å². The summed E-state index contributed by atoms with van der Waals surface area (Å²) in [7, 11) is 1.81. The normalized spacial score (nSPS) is 15.3. The van der Waals surface area contributed by atoms with Gasteiger partial charge < -0.3 is 10.6 Å². The molecule has 136 valence electrons. The number of fused-ring (bicyclic) bond motifs is 1. The number of halogens is 1. The number of nitrogens with zero attached hydrogens (tertiary/aromatic N) is 5. The zero-order valence-electron chi connectivity index (χ0n) is 14.7. The van der Waals surface area contributed by atoms with Crippen LogP contribution in [0.4, 0.5) is 11.8 Å². The summed E-state index contributed by atoms with van der Waals surface area (Å²) in [5, 5.41) is 10.8. The van der Waals surface area contributed by atoms with Crippen molar-refractivity contribution < 1.29 is 0 Å². The van der Waals surface area contributed by atoms with E-state index in [1.807, 2.05) is 24.0 Å². The molecule has 0 atom stereocenters. The van der Waals surface area contributed by atoms with E-state index in [0.717, 1.165) is 27.2 Å². The van der Waals surface area contributed by atoms with E-state index in [0.29, 0.717) is 18.4 Å². The van der Waals surface area contributed by atoms with Crippen molar-refractivity contribution >= 4 is 33.3 Å². The lowest BCUT2D eigenvalue weighted by Gasteiger charge is -2.22. The summed E-state index contributed by atoms with van der Waals surface area (Å²) >= 11 is 3.57. The molecule has 0 aromatic carbocycles. The molecule has 7 nitrogen and oxygen atoms in total. The highest BCUT2D eigenvalue weighted by Crippen LogP contribution is 2.33. The van der Waals surface area contributed by atoms with Gasteiger partial charge in [0.25, 0.3) is 0 Å². The molecule has 0 unspecified atom stereocenters. The zero-order valence-corrected chi connectivity index (χ0v) is 16.3. The lowest BCUT2D eigenvalue weighted by molar-refractivity contribution is 0.437. The summed E-state index contributed by atoms with van der Waals surface area (Å²) in [6.45, 7) is 0.630. The van der Waals surface area contributed by atoms with Crippen molar-refractivity contribution in [3.63, 3.8) is 0 Å². The molecule has 2 N–H and O–H groups in total. The fourth-order valence-corrected chi connectivity index (χ4v) is 3.80. The first-order valence-corrected chi connectivity index (χ1v) is 9.80. The molecule has 0 spiro atoms. The van der Waals surface area contributed by atoms with E-state index >= 15 is 0 Å². The van der Waals surface area contributed by atoms with Crippen LogP contribution in [0.2, 0.25) is 0 Å². The fourth-order valence-electron chi connectivity index (χ4n) is 3.46. The molecular formula is C18H22BrN7. The number of anilines is 2. The van der Waals surface area contributed by atoms with Crippen LogP contribution in [0.3, 0.4) is 0 Å². The minimum absolute atomic E-state index is 0.536. The first-order chi connectivity index (χ1) is 12.7. The molecule has 0 bridgehead atoms. The van der Waals surface area contributed by atoms with Crippen molar-refractivity contribution in [1.29, 1.82) is 0 Å². The second kappa shape index (κ2) is 7.57. The largest absolute Gasteiger partial charge is 0.366 e. The van der Waals surface area contributed by atoms with E-state index in [2.05, 4.69) is 47.7 Å². The van der Waals surface area contributed by atoms with Crippen LogP contribution >= 0.6 is 15.9 Å². The van der Waals surface area contributed by atoms with Crippen LogP contribution in [0, 0.1) is 0 Å². The monoisotopic (exact) mass is 415 g/mol. The quantitative estimate of drug-likeness (QED) is 0.655. The highest BCUT2D eigenvalue weighted by molar-refractivity contribution is 9.10. The average molecular weight is 416 g/mol. The van der Waals surface area contributed by atoms with Gasteiger partial charge in [-0.3, -0.25) is 0 Å². The van der Waals surface area contributed by atoms with Gasteiger partial charge in [0, 0.05) is 49.2 Å². The molecule has 3 heterocycles. The highest BCUT2D eigenvalue weighted by Gasteiger charge is 2.20. The first kappa shape index (κ1) is 17.2. The topological polar surface area (TPSA) is 80.0 Å². The third-order valence-corrected chi connectivity index (χ3v) is 5.43. The Balaban J connectivity index is 1.61. The van der Waals surface area contributed by atoms with Gasteiger partial charge in [-0.2, -0.15) is 9.61 Å². The van der Waals surface area contributed by atoms with Crippen molar-refractivity contribution in [3.05, 3.63) is 40.4 Å². The maximum Gasteiger partial charge on any atom is 0.222 e. The van der Waals surface area contributed by atoms with Crippen LogP contribution in [0.25, 0.3) is 5.65 Å². The average Bonchev–Trinajstić information content (AvgIpc) is 3.08.